The third kappa shape index (κ3) is 3.73. The number of urea groups is 1. The number of hydrogen-bond donors (Lipinski definition) is 3. The lowest BCUT2D eigenvalue weighted by Gasteiger charge is -2.11. The monoisotopic (exact) mass is 295 g/mol. The number of nitrogens with two attached hydrogens (primary N) is 1. The van der Waals surface area contributed by atoms with Gasteiger partial charge in [-0.1, -0.05) is 0 Å². The summed E-state index contributed by atoms with van der Waals surface area (Å²) in [6, 6.07) is 5.71. The summed E-state index contributed by atoms with van der Waals surface area (Å²) in [6.07, 6.45) is 0. The molecule has 0 saturated carbocycles. The summed E-state index contributed by atoms with van der Waals surface area (Å²) in [5.74, 6) is -2.13. The van der Waals surface area contributed by atoms with E-state index < -0.39 is 23.5 Å². The van der Waals surface area contributed by atoms with Crippen LogP contribution in [0.15, 0.2) is 36.4 Å². The summed E-state index contributed by atoms with van der Waals surface area (Å²) in [6.45, 7) is 0.0261. The van der Waals surface area contributed by atoms with E-state index in [2.05, 4.69) is 10.6 Å². The Hall–Kier alpha value is -2.54. The Morgan fingerprint density at radius 1 is 0.952 bits per heavy atom. The summed E-state index contributed by atoms with van der Waals surface area (Å²) in [7, 11) is 0. The van der Waals surface area contributed by atoms with Gasteiger partial charge in [0.15, 0.2) is 0 Å². The van der Waals surface area contributed by atoms with E-state index in [1.165, 1.54) is 12.1 Å². The van der Waals surface area contributed by atoms with E-state index in [0.717, 1.165) is 18.2 Å². The van der Waals surface area contributed by atoms with Crippen LogP contribution >= 0.6 is 0 Å². The first-order chi connectivity index (χ1) is 9.99. The van der Waals surface area contributed by atoms with Crippen molar-refractivity contribution in [2.24, 2.45) is 5.73 Å². The molecule has 0 heterocycles. The zero-order valence-electron chi connectivity index (χ0n) is 10.8. The van der Waals surface area contributed by atoms with Crippen LogP contribution in [0.4, 0.5) is 29.3 Å². The van der Waals surface area contributed by atoms with Crippen LogP contribution < -0.4 is 16.4 Å². The fourth-order valence-corrected chi connectivity index (χ4v) is 1.72. The highest BCUT2D eigenvalue weighted by atomic mass is 19.1. The number of carbonyl (C=O) groups excluding carboxylic acids is 1. The minimum atomic E-state index is -0.900. The highest BCUT2D eigenvalue weighted by Crippen LogP contribution is 2.18. The van der Waals surface area contributed by atoms with Crippen molar-refractivity contribution in [3.63, 3.8) is 0 Å². The standard InChI is InChI=1S/C14H12F3N3O/c15-9-1-3-12(8(5-9)7-18)19-14(21)20-13-4-2-10(16)6-11(13)17/h1-6H,7,18H2,(H2,19,20,21). The van der Waals surface area contributed by atoms with E-state index in [1.807, 2.05) is 0 Å². The number of carbonyl (C=O) groups is 1. The summed E-state index contributed by atoms with van der Waals surface area (Å²) < 4.78 is 39.2. The van der Waals surface area contributed by atoms with Crippen molar-refractivity contribution >= 4 is 17.4 Å². The van der Waals surface area contributed by atoms with Gasteiger partial charge in [-0.15, -0.1) is 0 Å². The molecule has 2 aromatic carbocycles. The van der Waals surface area contributed by atoms with Crippen LogP contribution in [0.5, 0.6) is 0 Å². The normalized spacial score (nSPS) is 10.3. The van der Waals surface area contributed by atoms with Gasteiger partial charge in [0.25, 0.3) is 0 Å². The van der Waals surface area contributed by atoms with Crippen LogP contribution in [-0.4, -0.2) is 6.03 Å². The molecule has 0 atom stereocenters. The van der Waals surface area contributed by atoms with Crippen LogP contribution in [-0.2, 0) is 6.54 Å². The molecule has 0 bridgehead atoms. The third-order valence-electron chi connectivity index (χ3n) is 2.71. The van der Waals surface area contributed by atoms with Crippen LogP contribution in [0.25, 0.3) is 0 Å². The third-order valence-corrected chi connectivity index (χ3v) is 2.71. The molecule has 4 nitrogen and oxygen atoms in total. The van der Waals surface area contributed by atoms with Gasteiger partial charge in [-0.05, 0) is 35.9 Å². The van der Waals surface area contributed by atoms with Gasteiger partial charge in [0.1, 0.15) is 17.5 Å². The quantitative estimate of drug-likeness (QED) is 0.814. The van der Waals surface area contributed by atoms with Crippen molar-refractivity contribution in [3.05, 3.63) is 59.4 Å². The SMILES string of the molecule is NCc1cc(F)ccc1NC(=O)Nc1ccc(F)cc1F. The molecule has 0 aliphatic rings. The average Bonchev–Trinajstić information content (AvgIpc) is 2.44. The predicted molar refractivity (Wildman–Crippen MR) is 73.3 cm³/mol. The van der Waals surface area contributed by atoms with Crippen molar-refractivity contribution in [1.29, 1.82) is 0 Å². The van der Waals surface area contributed by atoms with Gasteiger partial charge < -0.3 is 16.4 Å². The van der Waals surface area contributed by atoms with Crippen LogP contribution in [0.2, 0.25) is 0 Å². The molecule has 0 unspecified atom stereocenters. The molecular formula is C14H12F3N3O. The fourth-order valence-electron chi connectivity index (χ4n) is 1.72. The first kappa shape index (κ1) is 14.9. The van der Waals surface area contributed by atoms with Gasteiger partial charge in [0.05, 0.1) is 5.69 Å². The van der Waals surface area contributed by atoms with E-state index in [9.17, 15) is 18.0 Å². The maximum atomic E-state index is 13.4. The second-order valence-corrected chi connectivity index (χ2v) is 4.21. The molecule has 4 N–H and O–H groups in total. The molecular weight excluding hydrogens is 283 g/mol. The van der Waals surface area contributed by atoms with Crippen molar-refractivity contribution in [2.45, 2.75) is 6.54 Å². The molecule has 0 aliphatic heterocycles. The maximum absolute atomic E-state index is 13.4. The van der Waals surface area contributed by atoms with Gasteiger partial charge in [0.2, 0.25) is 0 Å². The molecule has 0 radical (unpaired) electrons. The number of rotatable bonds is 3. The Balaban J connectivity index is 2.11. The smallest absolute Gasteiger partial charge is 0.323 e. The summed E-state index contributed by atoms with van der Waals surface area (Å²) in [4.78, 5) is 11.8. The number of hydrogen-bond acceptors (Lipinski definition) is 2. The molecule has 0 spiro atoms. The largest absolute Gasteiger partial charge is 0.326 e. The first-order valence-corrected chi connectivity index (χ1v) is 6.01. The van der Waals surface area contributed by atoms with E-state index in [4.69, 9.17) is 5.73 Å². The van der Waals surface area contributed by atoms with Crippen molar-refractivity contribution in [3.8, 4) is 0 Å². The molecule has 0 aliphatic carbocycles. The summed E-state index contributed by atoms with van der Waals surface area (Å²) in [5.41, 5.74) is 5.97. The molecule has 2 rings (SSSR count). The highest BCUT2D eigenvalue weighted by molar-refractivity contribution is 6.00. The number of halogens is 3. The fraction of sp³-hybridized carbons (Fsp3) is 0.0714. The lowest BCUT2D eigenvalue weighted by atomic mass is 10.1. The van der Waals surface area contributed by atoms with Gasteiger partial charge in [-0.3, -0.25) is 0 Å². The molecule has 0 aromatic heterocycles. The van der Waals surface area contributed by atoms with Crippen LogP contribution in [0, 0.1) is 17.5 Å². The lowest BCUT2D eigenvalue weighted by molar-refractivity contribution is 0.262. The van der Waals surface area contributed by atoms with Gasteiger partial charge in [-0.2, -0.15) is 0 Å². The minimum absolute atomic E-state index is 0.0261. The van der Waals surface area contributed by atoms with Crippen LogP contribution in [0.3, 0.4) is 0 Å². The number of nitrogens with one attached hydrogen (secondary N) is 2. The van der Waals surface area contributed by atoms with Crippen LogP contribution in [0.1, 0.15) is 5.56 Å². The summed E-state index contributed by atoms with van der Waals surface area (Å²) in [5, 5.41) is 4.65. The van der Waals surface area contributed by atoms with Crippen molar-refractivity contribution in [2.75, 3.05) is 10.6 Å². The predicted octanol–water partition coefficient (Wildman–Crippen LogP) is 3.21. The number of amides is 2. The first-order valence-electron chi connectivity index (χ1n) is 6.01. The van der Waals surface area contributed by atoms with E-state index in [1.54, 1.807) is 0 Å². The van der Waals surface area contributed by atoms with Gasteiger partial charge in [0, 0.05) is 18.3 Å². The van der Waals surface area contributed by atoms with E-state index >= 15 is 0 Å². The molecule has 2 amide bonds. The Kier molecular flexibility index (Phi) is 4.44. The molecule has 21 heavy (non-hydrogen) atoms. The van der Waals surface area contributed by atoms with Crippen molar-refractivity contribution < 1.29 is 18.0 Å². The maximum Gasteiger partial charge on any atom is 0.323 e. The molecule has 7 heteroatoms. The van der Waals surface area contributed by atoms with Crippen molar-refractivity contribution in [1.82, 2.24) is 0 Å². The number of benzene rings is 2. The number of anilines is 2. The molecule has 0 fully saturated rings. The molecule has 0 saturated heterocycles. The van der Waals surface area contributed by atoms with E-state index in [-0.39, 0.29) is 12.2 Å². The average molecular weight is 295 g/mol. The zero-order chi connectivity index (χ0) is 15.4. The Labute approximate surface area is 118 Å². The lowest BCUT2D eigenvalue weighted by Crippen LogP contribution is -2.21. The van der Waals surface area contributed by atoms with Gasteiger partial charge in [-0.25, -0.2) is 18.0 Å². The Morgan fingerprint density at radius 3 is 2.14 bits per heavy atom. The highest BCUT2D eigenvalue weighted by Gasteiger charge is 2.10. The Bertz CT molecular complexity index is 677. The zero-order valence-corrected chi connectivity index (χ0v) is 10.8. The minimum Gasteiger partial charge on any atom is -0.326 e. The van der Waals surface area contributed by atoms with Gasteiger partial charge >= 0.3 is 6.03 Å². The topological polar surface area (TPSA) is 67.1 Å². The second-order valence-electron chi connectivity index (χ2n) is 4.21. The van der Waals surface area contributed by atoms with E-state index in [0.29, 0.717) is 17.3 Å². The summed E-state index contributed by atoms with van der Waals surface area (Å²) >= 11 is 0. The molecule has 110 valence electrons. The second kappa shape index (κ2) is 6.27. The molecule has 2 aromatic rings. The Morgan fingerprint density at radius 2 is 1.52 bits per heavy atom.